The highest BCUT2D eigenvalue weighted by Crippen LogP contribution is 2.41. The summed E-state index contributed by atoms with van der Waals surface area (Å²) in [5.74, 6) is -1.21. The van der Waals surface area contributed by atoms with Gasteiger partial charge in [0.1, 0.15) is 5.75 Å². The van der Waals surface area contributed by atoms with Gasteiger partial charge in [-0.1, -0.05) is 20.3 Å². The van der Waals surface area contributed by atoms with E-state index in [1.807, 2.05) is 13.8 Å². The van der Waals surface area contributed by atoms with Crippen molar-refractivity contribution in [3.8, 4) is 5.75 Å². The van der Waals surface area contributed by atoms with Crippen molar-refractivity contribution in [1.29, 1.82) is 0 Å². The van der Waals surface area contributed by atoms with Crippen LogP contribution < -0.4 is 10.1 Å². The van der Waals surface area contributed by atoms with Crippen molar-refractivity contribution in [2.45, 2.75) is 64.8 Å². The second-order valence-electron chi connectivity index (χ2n) is 8.98. The molecule has 2 aliphatic rings. The van der Waals surface area contributed by atoms with Crippen molar-refractivity contribution in [1.82, 2.24) is 0 Å². The summed E-state index contributed by atoms with van der Waals surface area (Å²) in [5.41, 5.74) is -1.83. The summed E-state index contributed by atoms with van der Waals surface area (Å²) in [4.78, 5) is 12.8. The molecule has 5 nitrogen and oxygen atoms in total. The predicted molar refractivity (Wildman–Crippen MR) is 106 cm³/mol. The summed E-state index contributed by atoms with van der Waals surface area (Å²) in [5, 5.41) is 2.59. The van der Waals surface area contributed by atoms with Gasteiger partial charge >= 0.3 is 6.18 Å². The van der Waals surface area contributed by atoms with Gasteiger partial charge in [-0.2, -0.15) is 13.2 Å². The fourth-order valence-electron chi connectivity index (χ4n) is 3.67. The van der Waals surface area contributed by atoms with Crippen molar-refractivity contribution >= 4 is 11.6 Å². The summed E-state index contributed by atoms with van der Waals surface area (Å²) in [6.45, 7) is 5.91. The Hall–Kier alpha value is -1.80. The van der Waals surface area contributed by atoms with E-state index < -0.39 is 28.8 Å². The van der Waals surface area contributed by atoms with E-state index in [1.54, 1.807) is 6.92 Å². The van der Waals surface area contributed by atoms with Crippen LogP contribution in [0.15, 0.2) is 18.2 Å². The lowest BCUT2D eigenvalue weighted by Gasteiger charge is -2.45. The lowest BCUT2D eigenvalue weighted by Crippen LogP contribution is -2.53. The van der Waals surface area contributed by atoms with E-state index in [0.717, 1.165) is 38.2 Å². The van der Waals surface area contributed by atoms with Gasteiger partial charge in [0, 0.05) is 18.5 Å². The molecule has 0 bridgehead atoms. The van der Waals surface area contributed by atoms with Gasteiger partial charge in [0.05, 0.1) is 30.8 Å². The van der Waals surface area contributed by atoms with Crippen LogP contribution in [0.1, 0.15) is 58.4 Å². The third-order valence-electron chi connectivity index (χ3n) is 5.59. The number of ether oxygens (including phenoxy) is 3. The van der Waals surface area contributed by atoms with Crippen LogP contribution in [0.25, 0.3) is 0 Å². The van der Waals surface area contributed by atoms with Crippen molar-refractivity contribution in [3.63, 3.8) is 0 Å². The number of anilines is 1. The Bertz CT molecular complexity index is 747. The third-order valence-corrected chi connectivity index (χ3v) is 5.59. The second-order valence-corrected chi connectivity index (χ2v) is 8.98. The molecule has 1 saturated carbocycles. The maximum atomic E-state index is 13.5. The van der Waals surface area contributed by atoms with Crippen LogP contribution in [0.2, 0.25) is 0 Å². The zero-order valence-electron chi connectivity index (χ0n) is 17.7. The number of amides is 1. The molecule has 1 spiro atoms. The Balaban J connectivity index is 1.70. The second kappa shape index (κ2) is 8.75. The molecule has 3 rings (SSSR count). The number of hydrogen-bond acceptors (Lipinski definition) is 4. The van der Waals surface area contributed by atoms with Gasteiger partial charge in [-0.3, -0.25) is 4.79 Å². The number of hydrogen-bond donors (Lipinski definition) is 1. The van der Waals surface area contributed by atoms with E-state index in [9.17, 15) is 18.0 Å². The van der Waals surface area contributed by atoms with Gasteiger partial charge in [-0.25, -0.2) is 0 Å². The van der Waals surface area contributed by atoms with Crippen LogP contribution in [-0.4, -0.2) is 31.5 Å². The minimum Gasteiger partial charge on any atom is -0.493 e. The molecule has 1 aliphatic heterocycles. The molecule has 8 heteroatoms. The Labute approximate surface area is 175 Å². The number of benzene rings is 1. The van der Waals surface area contributed by atoms with Crippen LogP contribution >= 0.6 is 0 Å². The summed E-state index contributed by atoms with van der Waals surface area (Å²) in [7, 11) is 0. The average molecular weight is 429 g/mol. The van der Waals surface area contributed by atoms with E-state index in [0.29, 0.717) is 0 Å². The number of carbonyl (C=O) groups is 1. The molecule has 0 aromatic heterocycles. The zero-order valence-corrected chi connectivity index (χ0v) is 17.7. The quantitative estimate of drug-likeness (QED) is 0.682. The highest BCUT2D eigenvalue weighted by Gasteiger charge is 2.46. The number of nitrogens with one attached hydrogen (secondary N) is 1. The Morgan fingerprint density at radius 3 is 2.37 bits per heavy atom. The number of rotatable bonds is 5. The van der Waals surface area contributed by atoms with Crippen molar-refractivity contribution in [2.75, 3.05) is 25.1 Å². The summed E-state index contributed by atoms with van der Waals surface area (Å²) >= 11 is 0. The van der Waals surface area contributed by atoms with Gasteiger partial charge in [0.2, 0.25) is 5.91 Å². The first-order valence-electron chi connectivity index (χ1n) is 10.5. The number of alkyl halides is 3. The van der Waals surface area contributed by atoms with Crippen LogP contribution in [0, 0.1) is 11.3 Å². The number of halogens is 3. The highest BCUT2D eigenvalue weighted by molar-refractivity contribution is 5.95. The lowest BCUT2D eigenvalue weighted by molar-refractivity contribution is -0.306. The minimum absolute atomic E-state index is 0.0587. The van der Waals surface area contributed by atoms with Crippen molar-refractivity contribution in [2.24, 2.45) is 11.3 Å². The molecule has 0 atom stereocenters. The molecule has 168 valence electrons. The lowest BCUT2D eigenvalue weighted by atomic mass is 9.87. The molecule has 1 amide bonds. The fraction of sp³-hybridized carbons (Fsp3) is 0.682. The average Bonchev–Trinajstić information content (AvgIpc) is 2.69. The van der Waals surface area contributed by atoms with Crippen LogP contribution in [0.5, 0.6) is 5.75 Å². The number of carbonyl (C=O) groups excluding carboxylic acids is 1. The molecule has 1 aromatic carbocycles. The first-order chi connectivity index (χ1) is 14.0. The molecule has 1 saturated heterocycles. The molecular weight excluding hydrogens is 399 g/mol. The first kappa shape index (κ1) is 22.9. The van der Waals surface area contributed by atoms with E-state index in [-0.39, 0.29) is 37.2 Å². The van der Waals surface area contributed by atoms with E-state index in [4.69, 9.17) is 14.2 Å². The third kappa shape index (κ3) is 5.27. The van der Waals surface area contributed by atoms with Crippen LogP contribution in [0.3, 0.4) is 0 Å². The monoisotopic (exact) mass is 429 g/mol. The molecule has 1 aromatic rings. The molecule has 1 N–H and O–H groups in total. The molecule has 2 fully saturated rings. The smallest absolute Gasteiger partial charge is 0.420 e. The van der Waals surface area contributed by atoms with E-state index >= 15 is 0 Å². The van der Waals surface area contributed by atoms with Gasteiger partial charge in [0.25, 0.3) is 0 Å². The van der Waals surface area contributed by atoms with Gasteiger partial charge in [0.15, 0.2) is 5.79 Å². The van der Waals surface area contributed by atoms with Crippen LogP contribution in [-0.2, 0) is 20.4 Å². The van der Waals surface area contributed by atoms with Crippen molar-refractivity contribution in [3.05, 3.63) is 23.8 Å². The maximum Gasteiger partial charge on any atom is 0.420 e. The summed E-state index contributed by atoms with van der Waals surface area (Å²) in [6, 6.07) is 3.57. The minimum atomic E-state index is -4.60. The normalized spacial score (nSPS) is 20.9. The SMILES string of the molecule is CC(C)COc1ccc(NC(=O)C2(C)COC3(CCCCC3)OC2)cc1C(F)(F)F. The van der Waals surface area contributed by atoms with E-state index in [2.05, 4.69) is 5.32 Å². The first-order valence-corrected chi connectivity index (χ1v) is 10.5. The van der Waals surface area contributed by atoms with Crippen LogP contribution in [0.4, 0.5) is 18.9 Å². The predicted octanol–water partition coefficient (Wildman–Crippen LogP) is 5.39. The highest BCUT2D eigenvalue weighted by atomic mass is 19.4. The van der Waals surface area contributed by atoms with Crippen molar-refractivity contribution < 1.29 is 32.2 Å². The molecule has 0 unspecified atom stereocenters. The summed E-state index contributed by atoms with van der Waals surface area (Å²) < 4.78 is 57.7. The van der Waals surface area contributed by atoms with Gasteiger partial charge in [-0.15, -0.1) is 0 Å². The fourth-order valence-corrected chi connectivity index (χ4v) is 3.67. The Morgan fingerprint density at radius 2 is 1.80 bits per heavy atom. The maximum absolute atomic E-state index is 13.5. The Morgan fingerprint density at radius 1 is 1.17 bits per heavy atom. The topological polar surface area (TPSA) is 56.8 Å². The standard InChI is InChI=1S/C22H30F3NO4/c1-15(2)12-28-18-8-7-16(11-17(18)22(23,24)25)26-19(27)20(3)13-29-21(30-14-20)9-5-4-6-10-21/h7-8,11,15H,4-6,9-10,12-14H2,1-3H3,(H,26,27). The zero-order chi connectivity index (χ0) is 22.0. The summed E-state index contributed by atoms with van der Waals surface area (Å²) in [6.07, 6.45) is 0.198. The van der Waals surface area contributed by atoms with E-state index in [1.165, 1.54) is 12.1 Å². The molecule has 1 heterocycles. The molecular formula is C22H30F3NO4. The van der Waals surface area contributed by atoms with Gasteiger partial charge < -0.3 is 19.5 Å². The molecule has 30 heavy (non-hydrogen) atoms. The largest absolute Gasteiger partial charge is 0.493 e. The van der Waals surface area contributed by atoms with Gasteiger partial charge in [-0.05, 0) is 43.9 Å². The molecule has 0 radical (unpaired) electrons. The Kier molecular flexibility index (Phi) is 6.67. The molecule has 1 aliphatic carbocycles.